The van der Waals surface area contributed by atoms with Crippen LogP contribution in [0, 0.1) is 5.92 Å². The third-order valence-electron chi connectivity index (χ3n) is 3.47. The number of alkyl halides is 1. The zero-order valence-corrected chi connectivity index (χ0v) is 14.0. The molecule has 0 saturated carbocycles. The van der Waals surface area contributed by atoms with Gasteiger partial charge in [0.25, 0.3) is 0 Å². The molecule has 0 aliphatic carbocycles. The van der Waals surface area contributed by atoms with Crippen molar-refractivity contribution in [3.8, 4) is 11.5 Å². The van der Waals surface area contributed by atoms with Crippen LogP contribution in [0.1, 0.15) is 23.4 Å². The molecule has 4 heteroatoms. The minimum absolute atomic E-state index is 0.201. The average molecular weight is 368 g/mol. The monoisotopic (exact) mass is 366 g/mol. The molecule has 2 aromatic rings. The Morgan fingerprint density at radius 1 is 1.00 bits per heavy atom. The Balaban J connectivity index is 1.88. The molecule has 21 heavy (non-hydrogen) atoms. The smallest absolute Gasteiger partial charge is 0.161 e. The number of halogens is 2. The van der Waals surface area contributed by atoms with Crippen LogP contribution in [0.3, 0.4) is 0 Å². The molecule has 0 aromatic heterocycles. The third kappa shape index (κ3) is 3.35. The lowest BCUT2D eigenvalue weighted by molar-refractivity contribution is 0.228. The Morgan fingerprint density at radius 2 is 1.62 bits per heavy atom. The van der Waals surface area contributed by atoms with Gasteiger partial charge in [-0.3, -0.25) is 0 Å². The highest BCUT2D eigenvalue weighted by Crippen LogP contribution is 2.37. The largest absolute Gasteiger partial charge is 0.489 e. The lowest BCUT2D eigenvalue weighted by Gasteiger charge is -2.14. The molecule has 2 unspecified atom stereocenters. The molecule has 0 saturated heterocycles. The highest BCUT2D eigenvalue weighted by Gasteiger charge is 2.18. The zero-order valence-electron chi connectivity index (χ0n) is 11.7. The first-order valence-corrected chi connectivity index (χ1v) is 8.15. The first-order chi connectivity index (χ1) is 10.1. The Labute approximate surface area is 138 Å². The maximum absolute atomic E-state index is 6.58. The van der Waals surface area contributed by atoms with E-state index in [-0.39, 0.29) is 5.38 Å². The number of rotatable bonds is 2. The molecule has 2 nitrogen and oxygen atoms in total. The van der Waals surface area contributed by atoms with Crippen molar-refractivity contribution in [2.24, 2.45) is 5.92 Å². The molecule has 2 aromatic carbocycles. The van der Waals surface area contributed by atoms with Crippen molar-refractivity contribution < 1.29 is 9.47 Å². The average Bonchev–Trinajstić information content (AvgIpc) is 2.69. The normalized spacial score (nSPS) is 18.9. The van der Waals surface area contributed by atoms with Gasteiger partial charge in [-0.2, -0.15) is 0 Å². The summed E-state index contributed by atoms with van der Waals surface area (Å²) < 4.78 is 12.6. The van der Waals surface area contributed by atoms with Gasteiger partial charge in [-0.25, -0.2) is 0 Å². The Kier molecular flexibility index (Phi) is 4.41. The number of hydrogen-bond acceptors (Lipinski definition) is 2. The molecule has 1 aliphatic heterocycles. The molecular weight excluding hydrogens is 352 g/mol. The van der Waals surface area contributed by atoms with Crippen LogP contribution in [0.4, 0.5) is 0 Å². The van der Waals surface area contributed by atoms with Crippen LogP contribution >= 0.6 is 27.5 Å². The van der Waals surface area contributed by atoms with E-state index >= 15 is 0 Å². The minimum Gasteiger partial charge on any atom is -0.489 e. The van der Waals surface area contributed by atoms with E-state index in [4.69, 9.17) is 21.1 Å². The molecule has 110 valence electrons. The summed E-state index contributed by atoms with van der Waals surface area (Å²) in [5.41, 5.74) is 2.07. The van der Waals surface area contributed by atoms with E-state index < -0.39 is 0 Å². The van der Waals surface area contributed by atoms with Crippen LogP contribution in [-0.2, 0) is 0 Å². The topological polar surface area (TPSA) is 18.5 Å². The molecule has 1 aliphatic rings. The van der Waals surface area contributed by atoms with Crippen molar-refractivity contribution in [1.82, 2.24) is 0 Å². The van der Waals surface area contributed by atoms with E-state index in [0.29, 0.717) is 19.1 Å². The number of benzene rings is 2. The predicted octanol–water partition coefficient (Wildman–Crippen LogP) is 5.18. The van der Waals surface area contributed by atoms with E-state index in [1.807, 2.05) is 42.5 Å². The van der Waals surface area contributed by atoms with Gasteiger partial charge in [0.1, 0.15) is 0 Å². The van der Waals surface area contributed by atoms with Crippen LogP contribution in [0.15, 0.2) is 46.9 Å². The molecule has 3 rings (SSSR count). The number of hydrogen-bond donors (Lipinski definition) is 0. The van der Waals surface area contributed by atoms with Gasteiger partial charge in [-0.1, -0.05) is 41.1 Å². The second-order valence-corrected chi connectivity index (χ2v) is 6.70. The van der Waals surface area contributed by atoms with Gasteiger partial charge in [0.05, 0.1) is 18.6 Å². The summed E-state index contributed by atoms with van der Waals surface area (Å²) in [7, 11) is 0. The van der Waals surface area contributed by atoms with Crippen LogP contribution in [-0.4, -0.2) is 13.2 Å². The van der Waals surface area contributed by atoms with Crippen molar-refractivity contribution in [1.29, 1.82) is 0 Å². The summed E-state index contributed by atoms with van der Waals surface area (Å²) in [6.45, 7) is 3.46. The van der Waals surface area contributed by atoms with Crippen molar-refractivity contribution in [3.05, 3.63) is 58.1 Å². The second-order valence-electron chi connectivity index (χ2n) is 5.35. The quantitative estimate of drug-likeness (QED) is 0.681. The van der Waals surface area contributed by atoms with Crippen LogP contribution in [0.5, 0.6) is 11.5 Å². The minimum atomic E-state index is -0.201. The van der Waals surface area contributed by atoms with Crippen LogP contribution in [0.25, 0.3) is 0 Å². The van der Waals surface area contributed by atoms with Gasteiger partial charge in [-0.05, 0) is 35.4 Å². The fraction of sp³-hybridized carbons (Fsp3) is 0.294. The predicted molar refractivity (Wildman–Crippen MR) is 88.4 cm³/mol. The van der Waals surface area contributed by atoms with E-state index in [2.05, 4.69) is 22.9 Å². The van der Waals surface area contributed by atoms with E-state index in [1.165, 1.54) is 0 Å². The molecule has 2 atom stereocenters. The summed E-state index contributed by atoms with van der Waals surface area (Å²) in [6, 6.07) is 14.0. The maximum Gasteiger partial charge on any atom is 0.161 e. The highest BCUT2D eigenvalue weighted by molar-refractivity contribution is 9.10. The Morgan fingerprint density at radius 3 is 2.33 bits per heavy atom. The standard InChI is InChI=1S/C17H16BrClO2/c1-11-9-20-15-7-4-13(8-16(15)21-10-11)17(19)12-2-5-14(18)6-3-12/h2-8,11,17H,9-10H2,1H3. The summed E-state index contributed by atoms with van der Waals surface area (Å²) in [6.07, 6.45) is 0. The summed E-state index contributed by atoms with van der Waals surface area (Å²) in [5, 5.41) is -0.201. The van der Waals surface area contributed by atoms with Crippen molar-refractivity contribution in [3.63, 3.8) is 0 Å². The molecular formula is C17H16BrClO2. The molecule has 0 spiro atoms. The molecule has 0 bridgehead atoms. The van der Waals surface area contributed by atoms with Gasteiger partial charge in [0.2, 0.25) is 0 Å². The number of ether oxygens (including phenoxy) is 2. The highest BCUT2D eigenvalue weighted by atomic mass is 79.9. The van der Waals surface area contributed by atoms with Gasteiger partial charge >= 0.3 is 0 Å². The Hall–Kier alpha value is -1.19. The fourth-order valence-electron chi connectivity index (χ4n) is 2.25. The fourth-order valence-corrected chi connectivity index (χ4v) is 2.80. The molecule has 1 heterocycles. The molecule has 0 radical (unpaired) electrons. The zero-order chi connectivity index (χ0) is 14.8. The second kappa shape index (κ2) is 6.29. The van der Waals surface area contributed by atoms with E-state index in [0.717, 1.165) is 27.1 Å². The van der Waals surface area contributed by atoms with E-state index in [1.54, 1.807) is 0 Å². The SMILES string of the molecule is CC1COc2ccc(C(Cl)c3ccc(Br)cc3)cc2OC1. The van der Waals surface area contributed by atoms with Crippen molar-refractivity contribution in [2.75, 3.05) is 13.2 Å². The third-order valence-corrected chi connectivity index (χ3v) is 4.50. The van der Waals surface area contributed by atoms with Gasteiger partial charge in [0, 0.05) is 10.4 Å². The van der Waals surface area contributed by atoms with Crippen molar-refractivity contribution in [2.45, 2.75) is 12.3 Å². The van der Waals surface area contributed by atoms with Gasteiger partial charge < -0.3 is 9.47 Å². The number of fused-ring (bicyclic) bond motifs is 1. The summed E-state index contributed by atoms with van der Waals surface area (Å²) >= 11 is 10.0. The van der Waals surface area contributed by atoms with E-state index in [9.17, 15) is 0 Å². The van der Waals surface area contributed by atoms with Gasteiger partial charge in [0.15, 0.2) is 11.5 Å². The lowest BCUT2D eigenvalue weighted by atomic mass is 10.0. The lowest BCUT2D eigenvalue weighted by Crippen LogP contribution is -2.12. The molecule has 0 amide bonds. The first-order valence-electron chi connectivity index (χ1n) is 6.92. The first kappa shape index (κ1) is 14.7. The van der Waals surface area contributed by atoms with Crippen LogP contribution < -0.4 is 9.47 Å². The van der Waals surface area contributed by atoms with Gasteiger partial charge in [-0.15, -0.1) is 11.6 Å². The Bertz CT molecular complexity index is 627. The molecule has 0 N–H and O–H groups in total. The summed E-state index contributed by atoms with van der Waals surface area (Å²) in [5.74, 6) is 1.96. The maximum atomic E-state index is 6.58. The molecule has 0 fully saturated rings. The summed E-state index contributed by atoms with van der Waals surface area (Å²) in [4.78, 5) is 0. The van der Waals surface area contributed by atoms with Crippen LogP contribution in [0.2, 0.25) is 0 Å². The van der Waals surface area contributed by atoms with Crippen molar-refractivity contribution >= 4 is 27.5 Å².